The number of amides is 1. The van der Waals surface area contributed by atoms with Crippen molar-refractivity contribution in [2.24, 2.45) is 0 Å². The van der Waals surface area contributed by atoms with E-state index >= 15 is 0 Å². The number of rotatable bonds is 5. The molecule has 33 heavy (non-hydrogen) atoms. The standard InChI is InChI=1S/C27H30N4O2/c1-33-23-11-12-28-26(17-23)30-15-13-29(14-16-30)20-27(32)31-18-22-9-5-6-10-24(22)25(19-31)21-7-3-2-4-8-21/h2-12,17,25H,13-16,18-20H2,1H3. The first-order valence-electron chi connectivity index (χ1n) is 11.6. The van der Waals surface area contributed by atoms with Crippen LogP contribution < -0.4 is 9.64 Å². The highest BCUT2D eigenvalue weighted by Gasteiger charge is 2.30. The highest BCUT2D eigenvalue weighted by Crippen LogP contribution is 2.33. The van der Waals surface area contributed by atoms with Crippen molar-refractivity contribution in [3.63, 3.8) is 0 Å². The van der Waals surface area contributed by atoms with Crippen molar-refractivity contribution in [2.75, 3.05) is 51.3 Å². The topological polar surface area (TPSA) is 48.9 Å². The summed E-state index contributed by atoms with van der Waals surface area (Å²) >= 11 is 0. The van der Waals surface area contributed by atoms with Crippen LogP contribution in [0.3, 0.4) is 0 Å². The van der Waals surface area contributed by atoms with E-state index in [1.54, 1.807) is 13.3 Å². The maximum absolute atomic E-state index is 13.3. The van der Waals surface area contributed by atoms with Gasteiger partial charge in [0, 0.05) is 57.4 Å². The first-order chi connectivity index (χ1) is 16.2. The van der Waals surface area contributed by atoms with Gasteiger partial charge >= 0.3 is 0 Å². The lowest BCUT2D eigenvalue weighted by atomic mass is 9.84. The number of pyridine rings is 1. The highest BCUT2D eigenvalue weighted by atomic mass is 16.5. The van der Waals surface area contributed by atoms with Gasteiger partial charge < -0.3 is 14.5 Å². The molecule has 5 rings (SSSR count). The minimum absolute atomic E-state index is 0.207. The zero-order valence-electron chi connectivity index (χ0n) is 19.1. The Morgan fingerprint density at radius 2 is 1.76 bits per heavy atom. The van der Waals surface area contributed by atoms with E-state index in [4.69, 9.17) is 4.74 Å². The Bertz CT molecular complexity index is 1100. The molecule has 1 fully saturated rings. The Kier molecular flexibility index (Phi) is 6.26. The van der Waals surface area contributed by atoms with Gasteiger partial charge in [-0.2, -0.15) is 0 Å². The molecule has 2 aliphatic rings. The van der Waals surface area contributed by atoms with Gasteiger partial charge in [0.15, 0.2) is 0 Å². The van der Waals surface area contributed by atoms with Crippen molar-refractivity contribution in [3.05, 3.63) is 89.6 Å². The SMILES string of the molecule is COc1ccnc(N2CCN(CC(=O)N3Cc4ccccc4C(c4ccccc4)C3)CC2)c1. The van der Waals surface area contributed by atoms with Gasteiger partial charge in [-0.25, -0.2) is 4.98 Å². The van der Waals surface area contributed by atoms with Crippen LogP contribution in [0.15, 0.2) is 72.9 Å². The fourth-order valence-electron chi connectivity index (χ4n) is 4.89. The number of nitrogens with zero attached hydrogens (tertiary/aromatic N) is 4. The highest BCUT2D eigenvalue weighted by molar-refractivity contribution is 5.79. The molecule has 2 aliphatic heterocycles. The quantitative estimate of drug-likeness (QED) is 0.606. The molecule has 6 heteroatoms. The molecule has 0 aliphatic carbocycles. The molecule has 1 atom stereocenters. The van der Waals surface area contributed by atoms with Gasteiger partial charge in [-0.3, -0.25) is 9.69 Å². The van der Waals surface area contributed by atoms with E-state index in [0.29, 0.717) is 13.1 Å². The van der Waals surface area contributed by atoms with Gasteiger partial charge in [0.05, 0.1) is 13.7 Å². The van der Waals surface area contributed by atoms with Crippen molar-refractivity contribution in [1.29, 1.82) is 0 Å². The molecule has 6 nitrogen and oxygen atoms in total. The van der Waals surface area contributed by atoms with Crippen LogP contribution in [0, 0.1) is 0 Å². The number of methoxy groups -OCH3 is 1. The summed E-state index contributed by atoms with van der Waals surface area (Å²) in [6.45, 7) is 5.27. The largest absolute Gasteiger partial charge is 0.497 e. The average Bonchev–Trinajstić information content (AvgIpc) is 2.89. The molecule has 0 radical (unpaired) electrons. The second-order valence-corrected chi connectivity index (χ2v) is 8.75. The summed E-state index contributed by atoms with van der Waals surface area (Å²) in [6, 6.07) is 22.9. The predicted octanol–water partition coefficient (Wildman–Crippen LogP) is 3.39. The number of fused-ring (bicyclic) bond motifs is 1. The number of carbonyl (C=O) groups excluding carboxylic acids is 1. The lowest BCUT2D eigenvalue weighted by Crippen LogP contribution is -2.51. The summed E-state index contributed by atoms with van der Waals surface area (Å²) in [7, 11) is 1.67. The van der Waals surface area contributed by atoms with Crippen LogP contribution in [-0.2, 0) is 11.3 Å². The van der Waals surface area contributed by atoms with Crippen molar-refractivity contribution in [3.8, 4) is 5.75 Å². The number of carbonyl (C=O) groups is 1. The Labute approximate surface area is 195 Å². The Hall–Kier alpha value is -3.38. The molecule has 1 amide bonds. The predicted molar refractivity (Wildman–Crippen MR) is 130 cm³/mol. The minimum Gasteiger partial charge on any atom is -0.497 e. The van der Waals surface area contributed by atoms with E-state index in [-0.39, 0.29) is 11.8 Å². The van der Waals surface area contributed by atoms with Gasteiger partial charge in [-0.15, -0.1) is 0 Å². The molecule has 3 aromatic rings. The third-order valence-corrected chi connectivity index (χ3v) is 6.76. The number of piperazine rings is 1. The number of benzene rings is 2. The Balaban J connectivity index is 1.23. The maximum Gasteiger partial charge on any atom is 0.237 e. The monoisotopic (exact) mass is 442 g/mol. The van der Waals surface area contributed by atoms with Crippen LogP contribution in [0.5, 0.6) is 5.75 Å². The molecule has 3 heterocycles. The van der Waals surface area contributed by atoms with Crippen LogP contribution in [-0.4, -0.2) is 67.1 Å². The first-order valence-corrected chi connectivity index (χ1v) is 11.6. The minimum atomic E-state index is 0.207. The van der Waals surface area contributed by atoms with Crippen molar-refractivity contribution in [2.45, 2.75) is 12.5 Å². The average molecular weight is 443 g/mol. The molecular formula is C27H30N4O2. The zero-order chi connectivity index (χ0) is 22.6. The number of aromatic nitrogens is 1. The van der Waals surface area contributed by atoms with Crippen LogP contribution in [0.2, 0.25) is 0 Å². The van der Waals surface area contributed by atoms with Crippen molar-refractivity contribution >= 4 is 11.7 Å². The maximum atomic E-state index is 13.3. The van der Waals surface area contributed by atoms with E-state index in [1.165, 1.54) is 16.7 Å². The summed E-state index contributed by atoms with van der Waals surface area (Å²) in [5, 5.41) is 0. The number of hydrogen-bond donors (Lipinski definition) is 0. The van der Waals surface area contributed by atoms with Crippen LogP contribution >= 0.6 is 0 Å². The molecular weight excluding hydrogens is 412 g/mol. The van der Waals surface area contributed by atoms with E-state index in [2.05, 4.69) is 63.3 Å². The second-order valence-electron chi connectivity index (χ2n) is 8.75. The second kappa shape index (κ2) is 9.63. The fraction of sp³-hybridized carbons (Fsp3) is 0.333. The number of anilines is 1. The molecule has 2 aromatic carbocycles. The van der Waals surface area contributed by atoms with E-state index in [9.17, 15) is 4.79 Å². The first kappa shape index (κ1) is 21.5. The zero-order valence-corrected chi connectivity index (χ0v) is 19.1. The molecule has 0 N–H and O–H groups in total. The van der Waals surface area contributed by atoms with Gasteiger partial charge in [-0.05, 0) is 22.8 Å². The molecule has 0 saturated carbocycles. The number of ether oxygens (including phenoxy) is 1. The molecule has 0 spiro atoms. The molecule has 0 bridgehead atoms. The number of hydrogen-bond acceptors (Lipinski definition) is 5. The van der Waals surface area contributed by atoms with Crippen LogP contribution in [0.25, 0.3) is 0 Å². The van der Waals surface area contributed by atoms with Gasteiger partial charge in [-0.1, -0.05) is 54.6 Å². The van der Waals surface area contributed by atoms with E-state index in [1.807, 2.05) is 23.1 Å². The molecule has 1 aromatic heterocycles. The Morgan fingerprint density at radius 1 is 1.00 bits per heavy atom. The molecule has 1 unspecified atom stereocenters. The molecule has 170 valence electrons. The summed E-state index contributed by atoms with van der Waals surface area (Å²) < 4.78 is 5.32. The lowest BCUT2D eigenvalue weighted by molar-refractivity contribution is -0.133. The van der Waals surface area contributed by atoms with Gasteiger partial charge in [0.1, 0.15) is 11.6 Å². The van der Waals surface area contributed by atoms with E-state index in [0.717, 1.165) is 44.3 Å². The van der Waals surface area contributed by atoms with Crippen LogP contribution in [0.4, 0.5) is 5.82 Å². The third kappa shape index (κ3) is 4.71. The summed E-state index contributed by atoms with van der Waals surface area (Å²) in [5.74, 6) is 2.17. The van der Waals surface area contributed by atoms with Gasteiger partial charge in [0.25, 0.3) is 0 Å². The summed E-state index contributed by atoms with van der Waals surface area (Å²) in [4.78, 5) is 24.4. The lowest BCUT2D eigenvalue weighted by Gasteiger charge is -2.38. The fourth-order valence-corrected chi connectivity index (χ4v) is 4.89. The Morgan fingerprint density at radius 3 is 2.55 bits per heavy atom. The summed E-state index contributed by atoms with van der Waals surface area (Å²) in [6.07, 6.45) is 1.78. The van der Waals surface area contributed by atoms with Crippen LogP contribution in [0.1, 0.15) is 22.6 Å². The smallest absolute Gasteiger partial charge is 0.237 e. The van der Waals surface area contributed by atoms with E-state index < -0.39 is 0 Å². The van der Waals surface area contributed by atoms with Gasteiger partial charge in [0.2, 0.25) is 5.91 Å². The van der Waals surface area contributed by atoms with Crippen molar-refractivity contribution < 1.29 is 9.53 Å². The summed E-state index contributed by atoms with van der Waals surface area (Å²) in [5.41, 5.74) is 3.86. The molecule has 1 saturated heterocycles. The normalized spacial score (nSPS) is 18.6. The van der Waals surface area contributed by atoms with Crippen molar-refractivity contribution in [1.82, 2.24) is 14.8 Å². The third-order valence-electron chi connectivity index (χ3n) is 6.76.